The van der Waals surface area contributed by atoms with Crippen LogP contribution < -0.4 is 14.8 Å². The van der Waals surface area contributed by atoms with Crippen LogP contribution in [0.15, 0.2) is 46.1 Å². The first-order valence-corrected chi connectivity index (χ1v) is 8.47. The molecule has 1 aromatic heterocycles. The summed E-state index contributed by atoms with van der Waals surface area (Å²) in [5, 5.41) is 2.89. The van der Waals surface area contributed by atoms with Crippen molar-refractivity contribution in [1.29, 1.82) is 0 Å². The molecule has 0 unspecified atom stereocenters. The van der Waals surface area contributed by atoms with Gasteiger partial charge in [0.2, 0.25) is 5.09 Å². The lowest BCUT2D eigenvalue weighted by Gasteiger charge is -2.07. The largest absolute Gasteiger partial charge is 0.492 e. The Kier molecular flexibility index (Phi) is 5.64. The van der Waals surface area contributed by atoms with E-state index in [9.17, 15) is 13.2 Å². The molecule has 0 radical (unpaired) electrons. The number of hydrogen-bond acceptors (Lipinski definition) is 5. The molecule has 0 spiro atoms. The minimum absolute atomic E-state index is 0.116. The van der Waals surface area contributed by atoms with Gasteiger partial charge in [-0.3, -0.25) is 4.79 Å². The van der Waals surface area contributed by atoms with Gasteiger partial charge in [0.15, 0.2) is 0 Å². The van der Waals surface area contributed by atoms with E-state index >= 15 is 0 Å². The Hall–Kier alpha value is -2.03. The minimum Gasteiger partial charge on any atom is -0.492 e. The number of hydrogen-bond donors (Lipinski definition) is 2. The summed E-state index contributed by atoms with van der Waals surface area (Å²) < 4.78 is 35.4. The van der Waals surface area contributed by atoms with Gasteiger partial charge in [-0.05, 0) is 31.3 Å². The van der Waals surface area contributed by atoms with Gasteiger partial charge >= 0.3 is 0 Å². The number of sulfonamides is 1. The van der Waals surface area contributed by atoms with Crippen LogP contribution in [0.5, 0.6) is 5.75 Å². The zero-order chi connectivity index (χ0) is 16.9. The molecule has 0 aliphatic heterocycles. The fourth-order valence-electron chi connectivity index (χ4n) is 1.64. The lowest BCUT2D eigenvalue weighted by atomic mass is 10.3. The molecule has 1 aromatic carbocycles. The molecule has 2 N–H and O–H groups in total. The van der Waals surface area contributed by atoms with E-state index in [1.54, 1.807) is 24.3 Å². The normalized spacial score (nSPS) is 11.2. The molecule has 0 saturated heterocycles. The topological polar surface area (TPSA) is 97.6 Å². The van der Waals surface area contributed by atoms with E-state index < -0.39 is 15.9 Å². The Morgan fingerprint density at radius 2 is 2.00 bits per heavy atom. The Bertz CT molecular complexity index is 771. The zero-order valence-electron chi connectivity index (χ0n) is 12.2. The molecular weight excluding hydrogens is 344 g/mol. The average molecular weight is 359 g/mol. The molecule has 9 heteroatoms. The van der Waals surface area contributed by atoms with Gasteiger partial charge in [0, 0.05) is 11.1 Å². The van der Waals surface area contributed by atoms with Gasteiger partial charge in [0.25, 0.3) is 15.9 Å². The molecule has 0 fully saturated rings. The van der Waals surface area contributed by atoms with E-state index in [1.165, 1.54) is 7.05 Å². The zero-order valence-corrected chi connectivity index (χ0v) is 13.8. The van der Waals surface area contributed by atoms with E-state index in [-0.39, 0.29) is 23.8 Å². The van der Waals surface area contributed by atoms with Crippen molar-refractivity contribution in [2.24, 2.45) is 0 Å². The third-order valence-corrected chi connectivity index (χ3v) is 4.37. The van der Waals surface area contributed by atoms with Crippen LogP contribution in [-0.4, -0.2) is 34.5 Å². The Labute approximate surface area is 138 Å². The van der Waals surface area contributed by atoms with Crippen molar-refractivity contribution in [1.82, 2.24) is 10.0 Å². The highest BCUT2D eigenvalue weighted by Crippen LogP contribution is 2.15. The van der Waals surface area contributed by atoms with Crippen molar-refractivity contribution in [2.45, 2.75) is 5.09 Å². The first-order chi connectivity index (χ1) is 10.9. The highest BCUT2D eigenvalue weighted by Gasteiger charge is 2.19. The molecule has 1 amide bonds. The minimum atomic E-state index is -3.71. The van der Waals surface area contributed by atoms with E-state index in [2.05, 4.69) is 10.0 Å². The van der Waals surface area contributed by atoms with Crippen LogP contribution in [0.3, 0.4) is 0 Å². The van der Waals surface area contributed by atoms with Crippen molar-refractivity contribution >= 4 is 27.5 Å². The Balaban J connectivity index is 1.82. The van der Waals surface area contributed by atoms with Gasteiger partial charge in [0.05, 0.1) is 12.1 Å². The second kappa shape index (κ2) is 7.49. The monoisotopic (exact) mass is 358 g/mol. The lowest BCUT2D eigenvalue weighted by Crippen LogP contribution is -2.27. The fraction of sp³-hybridized carbons (Fsp3) is 0.214. The molecular formula is C14H15ClN2O5S. The van der Waals surface area contributed by atoms with Gasteiger partial charge < -0.3 is 14.5 Å². The Morgan fingerprint density at radius 3 is 2.65 bits per heavy atom. The van der Waals surface area contributed by atoms with E-state index in [4.69, 9.17) is 20.8 Å². The van der Waals surface area contributed by atoms with Gasteiger partial charge in [0.1, 0.15) is 18.6 Å². The third-order valence-electron chi connectivity index (χ3n) is 2.84. The maximum atomic E-state index is 11.9. The molecule has 2 rings (SSSR count). The number of carbonyl (C=O) groups is 1. The summed E-state index contributed by atoms with van der Waals surface area (Å²) in [6.07, 6.45) is 1.08. The van der Waals surface area contributed by atoms with E-state index in [1.807, 2.05) is 0 Å². The highest BCUT2D eigenvalue weighted by atomic mass is 35.5. The molecule has 124 valence electrons. The first-order valence-electron chi connectivity index (χ1n) is 6.61. The number of amides is 1. The van der Waals surface area contributed by atoms with Crippen molar-refractivity contribution in [3.8, 4) is 5.75 Å². The van der Waals surface area contributed by atoms with Crippen molar-refractivity contribution in [2.75, 3.05) is 20.2 Å². The summed E-state index contributed by atoms with van der Waals surface area (Å²) in [6, 6.07) is 7.99. The van der Waals surface area contributed by atoms with Gasteiger partial charge in [-0.25, -0.2) is 13.1 Å². The van der Waals surface area contributed by atoms with Gasteiger partial charge in [-0.15, -0.1) is 0 Å². The molecule has 7 nitrogen and oxygen atoms in total. The number of halogens is 1. The van der Waals surface area contributed by atoms with Crippen LogP contribution >= 0.6 is 11.6 Å². The number of rotatable bonds is 7. The van der Waals surface area contributed by atoms with Crippen LogP contribution in [0.1, 0.15) is 10.4 Å². The molecule has 0 bridgehead atoms. The number of furan rings is 1. The smallest absolute Gasteiger partial charge is 0.273 e. The number of benzene rings is 1. The lowest BCUT2D eigenvalue weighted by molar-refractivity contribution is 0.0946. The molecule has 0 aliphatic carbocycles. The predicted molar refractivity (Wildman–Crippen MR) is 84.2 cm³/mol. The second-order valence-corrected chi connectivity index (χ2v) is 6.67. The van der Waals surface area contributed by atoms with Crippen molar-refractivity contribution in [3.05, 3.63) is 47.2 Å². The molecule has 23 heavy (non-hydrogen) atoms. The average Bonchev–Trinajstić information content (AvgIpc) is 3.04. The van der Waals surface area contributed by atoms with E-state index in [0.29, 0.717) is 10.8 Å². The summed E-state index contributed by atoms with van der Waals surface area (Å²) in [7, 11) is -2.45. The summed E-state index contributed by atoms with van der Waals surface area (Å²) in [5.74, 6) is 0.181. The van der Waals surface area contributed by atoms with Crippen molar-refractivity contribution < 1.29 is 22.4 Å². The summed E-state index contributed by atoms with van der Waals surface area (Å²) >= 11 is 5.76. The number of nitrogens with one attached hydrogen (secondary N) is 2. The Morgan fingerprint density at radius 1 is 1.30 bits per heavy atom. The maximum absolute atomic E-state index is 11.9. The number of carbonyl (C=O) groups excluding carboxylic acids is 1. The molecule has 1 heterocycles. The molecule has 0 saturated carbocycles. The quantitative estimate of drug-likeness (QED) is 0.733. The molecule has 0 atom stereocenters. The second-order valence-electron chi connectivity index (χ2n) is 4.42. The van der Waals surface area contributed by atoms with Crippen molar-refractivity contribution in [3.63, 3.8) is 0 Å². The highest BCUT2D eigenvalue weighted by molar-refractivity contribution is 7.89. The van der Waals surface area contributed by atoms with Crippen LogP contribution in [0.4, 0.5) is 0 Å². The predicted octanol–water partition coefficient (Wildman–Crippen LogP) is 1.65. The summed E-state index contributed by atoms with van der Waals surface area (Å²) in [5.41, 5.74) is 0.116. The molecule has 0 aliphatic rings. The van der Waals surface area contributed by atoms with Crippen LogP contribution in [0.25, 0.3) is 0 Å². The number of ether oxygens (including phenoxy) is 1. The fourth-order valence-corrected chi connectivity index (χ4v) is 2.43. The standard InChI is InChI=1S/C14H15ClN2O5S/c1-16-23(19,20)13-8-10(9-22-13)14(18)17-6-7-21-12-4-2-11(15)3-5-12/h2-5,8-9,16H,6-7H2,1H3,(H,17,18). The summed E-state index contributed by atoms with van der Waals surface area (Å²) in [6.45, 7) is 0.508. The van der Waals surface area contributed by atoms with Gasteiger partial charge in [-0.2, -0.15) is 0 Å². The third kappa shape index (κ3) is 4.72. The van der Waals surface area contributed by atoms with Crippen LogP contribution in [-0.2, 0) is 10.0 Å². The molecule has 2 aromatic rings. The first kappa shape index (κ1) is 17.3. The summed E-state index contributed by atoms with van der Waals surface area (Å²) in [4.78, 5) is 11.9. The van der Waals surface area contributed by atoms with Crippen LogP contribution in [0, 0.1) is 0 Å². The maximum Gasteiger partial charge on any atom is 0.273 e. The SMILES string of the molecule is CNS(=O)(=O)c1cc(C(=O)NCCOc2ccc(Cl)cc2)co1. The van der Waals surface area contributed by atoms with Gasteiger partial charge in [-0.1, -0.05) is 11.6 Å². The van der Waals surface area contributed by atoms with E-state index in [0.717, 1.165) is 12.3 Å². The van der Waals surface area contributed by atoms with Crippen LogP contribution in [0.2, 0.25) is 5.02 Å².